The molecule has 3 aromatic carbocycles. The van der Waals surface area contributed by atoms with E-state index < -0.39 is 0 Å². The zero-order valence-corrected chi connectivity index (χ0v) is 20.5. The fourth-order valence-electron chi connectivity index (χ4n) is 4.62. The van der Waals surface area contributed by atoms with Gasteiger partial charge in [0.15, 0.2) is 5.76 Å². The molecule has 2 heterocycles. The zero-order chi connectivity index (χ0) is 23.5. The Morgan fingerprint density at radius 2 is 1.53 bits per heavy atom. The molecule has 5 rings (SSSR count). The number of rotatable bonds is 4. The average Bonchev–Trinajstić information content (AvgIpc) is 2.99. The third-order valence-electron chi connectivity index (χ3n) is 6.60. The molecule has 0 unspecified atom stereocenters. The Morgan fingerprint density at radius 3 is 2.24 bits per heavy atom. The minimum Gasteiger partial charge on any atom is -0.455 e. The van der Waals surface area contributed by atoms with Gasteiger partial charge in [-0.05, 0) is 31.1 Å². The molecule has 0 radical (unpaired) electrons. The molecule has 3 nitrogen and oxygen atoms in total. The fraction of sp³-hybridized carbons (Fsp3) is 0.267. The minimum atomic E-state index is -0.0201. The predicted molar refractivity (Wildman–Crippen MR) is 139 cm³/mol. The van der Waals surface area contributed by atoms with Crippen molar-refractivity contribution in [1.82, 2.24) is 4.90 Å². The molecule has 1 atom stereocenters. The van der Waals surface area contributed by atoms with Crippen molar-refractivity contribution in [2.75, 3.05) is 32.8 Å². The fourth-order valence-corrected chi connectivity index (χ4v) is 4.95. The monoisotopic (exact) mass is 471 g/mol. The number of para-hydroxylation sites is 1. The standard InChI is InChI=1S/C30H30ClNO2/c1-21-7-11-23(12-8-21)28-25-5-3-4-6-27(25)34-30(24-13-9-22(2)10-14-24)29(31)26(28)15-16-32-17-19-33-20-18-32/h3-15,28H,16-20H2,1-2H3/b26-15-/t28-/m1/s1. The van der Waals surface area contributed by atoms with Gasteiger partial charge in [0.1, 0.15) is 5.75 Å². The Hall–Kier alpha value is -2.85. The van der Waals surface area contributed by atoms with E-state index in [1.165, 1.54) is 16.7 Å². The van der Waals surface area contributed by atoms with Gasteiger partial charge in [0, 0.05) is 36.7 Å². The molecule has 2 aliphatic rings. The number of aryl methyl sites for hydroxylation is 2. The summed E-state index contributed by atoms with van der Waals surface area (Å²) in [5, 5.41) is 0.666. The lowest BCUT2D eigenvalue weighted by Crippen LogP contribution is -2.36. The van der Waals surface area contributed by atoms with Gasteiger partial charge in [-0.25, -0.2) is 0 Å². The van der Waals surface area contributed by atoms with Crippen LogP contribution < -0.4 is 4.74 Å². The number of hydrogen-bond acceptors (Lipinski definition) is 3. The first-order chi connectivity index (χ1) is 16.6. The normalized spacial score (nSPS) is 20.1. The molecule has 2 aliphatic heterocycles. The number of halogens is 1. The predicted octanol–water partition coefficient (Wildman–Crippen LogP) is 6.69. The van der Waals surface area contributed by atoms with E-state index in [2.05, 4.69) is 85.5 Å². The van der Waals surface area contributed by atoms with E-state index >= 15 is 0 Å². The molecule has 174 valence electrons. The average molecular weight is 472 g/mol. The quantitative estimate of drug-likeness (QED) is 0.423. The maximum Gasteiger partial charge on any atom is 0.153 e. The van der Waals surface area contributed by atoms with E-state index in [9.17, 15) is 0 Å². The summed E-state index contributed by atoms with van der Waals surface area (Å²) in [7, 11) is 0. The number of hydrogen-bond donors (Lipinski definition) is 0. The van der Waals surface area contributed by atoms with Crippen LogP contribution in [-0.2, 0) is 4.74 Å². The summed E-state index contributed by atoms with van der Waals surface area (Å²) in [4.78, 5) is 2.41. The van der Waals surface area contributed by atoms with Crippen LogP contribution in [0.2, 0.25) is 0 Å². The number of morpholine rings is 1. The van der Waals surface area contributed by atoms with Gasteiger partial charge in [-0.3, -0.25) is 4.90 Å². The van der Waals surface area contributed by atoms with Crippen molar-refractivity contribution in [3.05, 3.63) is 117 Å². The lowest BCUT2D eigenvalue weighted by atomic mass is 9.83. The van der Waals surface area contributed by atoms with E-state index in [0.717, 1.165) is 55.3 Å². The highest BCUT2D eigenvalue weighted by Crippen LogP contribution is 2.47. The molecular formula is C30H30ClNO2. The molecule has 0 N–H and O–H groups in total. The molecule has 0 spiro atoms. The van der Waals surface area contributed by atoms with Crippen molar-refractivity contribution >= 4 is 17.4 Å². The summed E-state index contributed by atoms with van der Waals surface area (Å²) >= 11 is 7.25. The first-order valence-corrected chi connectivity index (χ1v) is 12.3. The van der Waals surface area contributed by atoms with E-state index in [-0.39, 0.29) is 5.92 Å². The van der Waals surface area contributed by atoms with Crippen molar-refractivity contribution in [3.8, 4) is 5.75 Å². The largest absolute Gasteiger partial charge is 0.455 e. The molecule has 0 saturated carbocycles. The second-order valence-corrected chi connectivity index (χ2v) is 9.44. The van der Waals surface area contributed by atoms with Crippen LogP contribution in [-0.4, -0.2) is 37.7 Å². The van der Waals surface area contributed by atoms with Crippen LogP contribution in [0.25, 0.3) is 5.76 Å². The van der Waals surface area contributed by atoms with Crippen molar-refractivity contribution in [2.45, 2.75) is 19.8 Å². The van der Waals surface area contributed by atoms with Crippen LogP contribution in [0.3, 0.4) is 0 Å². The highest BCUT2D eigenvalue weighted by atomic mass is 35.5. The van der Waals surface area contributed by atoms with E-state index in [4.69, 9.17) is 21.1 Å². The van der Waals surface area contributed by atoms with Gasteiger partial charge in [-0.15, -0.1) is 0 Å². The molecule has 1 fully saturated rings. The number of ether oxygens (including phenoxy) is 2. The second kappa shape index (κ2) is 10.2. The highest BCUT2D eigenvalue weighted by molar-refractivity contribution is 6.35. The molecule has 3 aromatic rings. The van der Waals surface area contributed by atoms with Gasteiger partial charge in [0.05, 0.1) is 18.2 Å². The van der Waals surface area contributed by atoms with Gasteiger partial charge in [0.25, 0.3) is 0 Å². The summed E-state index contributed by atoms with van der Waals surface area (Å²) in [6, 6.07) is 25.4. The second-order valence-electron chi connectivity index (χ2n) is 9.07. The molecule has 0 amide bonds. The van der Waals surface area contributed by atoms with Crippen LogP contribution in [0.5, 0.6) is 5.75 Å². The SMILES string of the molecule is Cc1ccc(C2=C(Cl)/C(=C\CN3CCOCC3)[C@H](c3ccc(C)cc3)c3ccccc3O2)cc1. The van der Waals surface area contributed by atoms with Crippen LogP contribution in [0.4, 0.5) is 0 Å². The van der Waals surface area contributed by atoms with E-state index in [1.54, 1.807) is 0 Å². The highest BCUT2D eigenvalue weighted by Gasteiger charge is 2.31. The van der Waals surface area contributed by atoms with Gasteiger partial charge in [-0.1, -0.05) is 95.5 Å². The van der Waals surface area contributed by atoms with E-state index in [1.807, 2.05) is 12.1 Å². The molecule has 4 heteroatoms. The summed E-state index contributed by atoms with van der Waals surface area (Å²) in [6.45, 7) is 8.43. The molecule has 0 aromatic heterocycles. The Morgan fingerprint density at radius 1 is 0.882 bits per heavy atom. The van der Waals surface area contributed by atoms with Crippen molar-refractivity contribution in [1.29, 1.82) is 0 Å². The number of nitrogens with zero attached hydrogens (tertiary/aromatic N) is 1. The third-order valence-corrected chi connectivity index (χ3v) is 6.99. The topological polar surface area (TPSA) is 21.7 Å². The van der Waals surface area contributed by atoms with Crippen molar-refractivity contribution in [3.63, 3.8) is 0 Å². The van der Waals surface area contributed by atoms with Gasteiger partial charge in [-0.2, -0.15) is 0 Å². The van der Waals surface area contributed by atoms with Crippen LogP contribution in [0, 0.1) is 13.8 Å². The summed E-state index contributed by atoms with van der Waals surface area (Å²) in [5.41, 5.74) is 6.83. The Labute approximate surface area is 207 Å². The third kappa shape index (κ3) is 4.83. The Kier molecular flexibility index (Phi) is 6.87. The number of allylic oxidation sites excluding steroid dienone is 2. The van der Waals surface area contributed by atoms with Gasteiger partial charge >= 0.3 is 0 Å². The zero-order valence-electron chi connectivity index (χ0n) is 19.8. The molecule has 1 saturated heterocycles. The Bertz CT molecular complexity index is 1210. The molecular weight excluding hydrogens is 442 g/mol. The van der Waals surface area contributed by atoms with Crippen LogP contribution in [0.1, 0.15) is 33.7 Å². The lowest BCUT2D eigenvalue weighted by Gasteiger charge is -2.27. The van der Waals surface area contributed by atoms with E-state index in [0.29, 0.717) is 10.8 Å². The maximum absolute atomic E-state index is 7.25. The maximum atomic E-state index is 7.25. The van der Waals surface area contributed by atoms with Gasteiger partial charge in [0.2, 0.25) is 0 Å². The first kappa shape index (κ1) is 22.9. The molecule has 0 bridgehead atoms. The lowest BCUT2D eigenvalue weighted by molar-refractivity contribution is 0.0433. The summed E-state index contributed by atoms with van der Waals surface area (Å²) in [6.07, 6.45) is 2.29. The first-order valence-electron chi connectivity index (χ1n) is 11.9. The Balaban J connectivity index is 1.68. The number of benzene rings is 3. The number of fused-ring (bicyclic) bond motifs is 1. The van der Waals surface area contributed by atoms with Crippen molar-refractivity contribution < 1.29 is 9.47 Å². The van der Waals surface area contributed by atoms with Gasteiger partial charge < -0.3 is 9.47 Å². The van der Waals surface area contributed by atoms with Crippen molar-refractivity contribution in [2.24, 2.45) is 0 Å². The summed E-state index contributed by atoms with van der Waals surface area (Å²) < 4.78 is 12.1. The molecule has 0 aliphatic carbocycles. The minimum absolute atomic E-state index is 0.0201. The molecule has 34 heavy (non-hydrogen) atoms. The smallest absolute Gasteiger partial charge is 0.153 e. The van der Waals surface area contributed by atoms with Crippen LogP contribution in [0.15, 0.2) is 89.5 Å². The summed E-state index contributed by atoms with van der Waals surface area (Å²) in [5.74, 6) is 1.53. The van der Waals surface area contributed by atoms with Crippen LogP contribution >= 0.6 is 11.6 Å².